The van der Waals surface area contributed by atoms with E-state index >= 15 is 0 Å². The quantitative estimate of drug-likeness (QED) is 0.682. The number of benzene rings is 2. The highest BCUT2D eigenvalue weighted by Crippen LogP contribution is 2.32. The summed E-state index contributed by atoms with van der Waals surface area (Å²) in [7, 11) is 0. The highest BCUT2D eigenvalue weighted by Gasteiger charge is 2.30. The van der Waals surface area contributed by atoms with Crippen LogP contribution in [0, 0.1) is 0 Å². The first-order chi connectivity index (χ1) is 12.8. The molecule has 2 aromatic carbocycles. The summed E-state index contributed by atoms with van der Waals surface area (Å²) in [6.45, 7) is 0. The first-order valence-electron chi connectivity index (χ1n) is 7.50. The van der Waals surface area contributed by atoms with E-state index < -0.39 is 34.6 Å². The van der Waals surface area contributed by atoms with Gasteiger partial charge < -0.3 is 5.11 Å². The second-order valence-electron chi connectivity index (χ2n) is 5.35. The van der Waals surface area contributed by atoms with E-state index in [0.29, 0.717) is 0 Å². The van der Waals surface area contributed by atoms with E-state index in [1.165, 1.54) is 18.2 Å². The molecule has 3 aromatic rings. The Hall–Kier alpha value is -3.69. The Labute approximate surface area is 149 Å². The van der Waals surface area contributed by atoms with Gasteiger partial charge in [0.1, 0.15) is 0 Å². The maximum atomic E-state index is 12.7. The van der Waals surface area contributed by atoms with Gasteiger partial charge in [0.15, 0.2) is 0 Å². The molecule has 0 aliphatic rings. The van der Waals surface area contributed by atoms with Crippen LogP contribution in [-0.2, 0) is 6.18 Å². The fraction of sp³-hybridized carbons (Fsp3) is 0.0588. The number of rotatable bonds is 3. The van der Waals surface area contributed by atoms with Crippen molar-refractivity contribution in [3.63, 3.8) is 0 Å². The van der Waals surface area contributed by atoms with Crippen LogP contribution in [0.5, 0.6) is 5.88 Å². The van der Waals surface area contributed by atoms with E-state index in [0.717, 1.165) is 22.8 Å². The summed E-state index contributed by atoms with van der Waals surface area (Å²) >= 11 is 0. The largest absolute Gasteiger partial charge is 0.492 e. The van der Waals surface area contributed by atoms with Crippen molar-refractivity contribution >= 4 is 11.4 Å². The third kappa shape index (κ3) is 3.78. The molecular weight excluding hydrogens is 365 g/mol. The molecule has 1 heterocycles. The van der Waals surface area contributed by atoms with E-state index in [1.807, 2.05) is 4.98 Å². The van der Waals surface area contributed by atoms with Gasteiger partial charge in [-0.1, -0.05) is 24.3 Å². The summed E-state index contributed by atoms with van der Waals surface area (Å²) in [6, 6.07) is 11.9. The minimum Gasteiger partial charge on any atom is -0.492 e. The lowest BCUT2D eigenvalue weighted by atomic mass is 10.2. The number of aromatic amines is 1. The first-order valence-corrected chi connectivity index (χ1v) is 7.50. The smallest absolute Gasteiger partial charge is 0.416 e. The molecule has 7 nitrogen and oxygen atoms in total. The van der Waals surface area contributed by atoms with Gasteiger partial charge in [-0.3, -0.25) is 9.78 Å². The van der Waals surface area contributed by atoms with Crippen LogP contribution in [0.15, 0.2) is 74.4 Å². The second kappa shape index (κ2) is 6.90. The van der Waals surface area contributed by atoms with Gasteiger partial charge in [-0.2, -0.15) is 18.3 Å². The number of azo groups is 1. The molecule has 1 aromatic heterocycles. The Balaban J connectivity index is 2.07. The third-order valence-electron chi connectivity index (χ3n) is 3.52. The van der Waals surface area contributed by atoms with Gasteiger partial charge in [-0.25, -0.2) is 9.36 Å². The zero-order valence-corrected chi connectivity index (χ0v) is 13.4. The molecule has 27 heavy (non-hydrogen) atoms. The molecule has 138 valence electrons. The molecule has 3 rings (SSSR count). The number of alkyl halides is 3. The van der Waals surface area contributed by atoms with Gasteiger partial charge in [0.05, 0.1) is 16.9 Å². The fourth-order valence-corrected chi connectivity index (χ4v) is 2.27. The highest BCUT2D eigenvalue weighted by atomic mass is 19.4. The minimum atomic E-state index is -4.56. The summed E-state index contributed by atoms with van der Waals surface area (Å²) < 4.78 is 39.0. The summed E-state index contributed by atoms with van der Waals surface area (Å²) in [5.74, 6) is -0.786. The lowest BCUT2D eigenvalue weighted by molar-refractivity contribution is -0.137. The summed E-state index contributed by atoms with van der Waals surface area (Å²) in [5, 5.41) is 17.4. The van der Waals surface area contributed by atoms with Gasteiger partial charge in [0.2, 0.25) is 11.6 Å². The molecule has 0 aliphatic carbocycles. The molecule has 0 atom stereocenters. The molecule has 0 bridgehead atoms. The Bertz CT molecular complexity index is 1120. The van der Waals surface area contributed by atoms with Crippen LogP contribution < -0.4 is 11.2 Å². The van der Waals surface area contributed by atoms with Gasteiger partial charge >= 0.3 is 11.9 Å². The second-order valence-corrected chi connectivity index (χ2v) is 5.35. The number of hydrogen-bond acceptors (Lipinski definition) is 5. The Morgan fingerprint density at radius 1 is 0.963 bits per heavy atom. The van der Waals surface area contributed by atoms with Gasteiger partial charge in [-0.05, 0) is 30.3 Å². The average Bonchev–Trinajstić information content (AvgIpc) is 2.61. The zero-order chi connectivity index (χ0) is 19.6. The van der Waals surface area contributed by atoms with Crippen LogP contribution in [0.4, 0.5) is 24.5 Å². The molecular formula is C17H11F3N4O3. The summed E-state index contributed by atoms with van der Waals surface area (Å²) in [6.07, 6.45) is -4.56. The standard InChI is InChI=1S/C17H11F3N4O3/c18-17(19,20)10-5-4-6-11(9-10)22-23-13-14(25)21-16(27)24(15(13)26)12-7-2-1-3-8-12/h1-9,26H,(H,21,25,27). The number of para-hydroxylation sites is 1. The van der Waals surface area contributed by atoms with Crippen LogP contribution in [0.1, 0.15) is 5.56 Å². The maximum absolute atomic E-state index is 12.7. The summed E-state index contributed by atoms with van der Waals surface area (Å²) in [5.41, 5.74) is -3.41. The molecule has 0 amide bonds. The molecule has 0 fully saturated rings. The fourth-order valence-electron chi connectivity index (χ4n) is 2.27. The molecule has 2 N–H and O–H groups in total. The van der Waals surface area contributed by atoms with Gasteiger partial charge in [-0.15, -0.1) is 5.11 Å². The third-order valence-corrected chi connectivity index (χ3v) is 3.52. The van der Waals surface area contributed by atoms with Gasteiger partial charge in [0.25, 0.3) is 5.56 Å². The van der Waals surface area contributed by atoms with E-state index in [1.54, 1.807) is 18.2 Å². The number of hydrogen-bond donors (Lipinski definition) is 2. The molecule has 0 radical (unpaired) electrons. The molecule has 0 saturated heterocycles. The monoisotopic (exact) mass is 376 g/mol. The van der Waals surface area contributed by atoms with Crippen molar-refractivity contribution in [3.8, 4) is 11.6 Å². The van der Waals surface area contributed by atoms with Gasteiger partial charge in [0, 0.05) is 0 Å². The normalized spacial score (nSPS) is 11.8. The summed E-state index contributed by atoms with van der Waals surface area (Å²) in [4.78, 5) is 25.9. The SMILES string of the molecule is O=c1[nH]c(=O)n(-c2ccccc2)c(O)c1N=Nc1cccc(C(F)(F)F)c1. The van der Waals surface area contributed by atoms with Crippen LogP contribution in [0.2, 0.25) is 0 Å². The Kier molecular flexibility index (Phi) is 4.63. The zero-order valence-electron chi connectivity index (χ0n) is 13.4. The van der Waals surface area contributed by atoms with E-state index in [4.69, 9.17) is 0 Å². The van der Waals surface area contributed by atoms with Crippen LogP contribution in [0.3, 0.4) is 0 Å². The molecule has 0 aliphatic heterocycles. The van der Waals surface area contributed by atoms with Crippen molar-refractivity contribution in [3.05, 3.63) is 81.0 Å². The topological polar surface area (TPSA) is 99.8 Å². The molecule has 10 heteroatoms. The Morgan fingerprint density at radius 2 is 1.67 bits per heavy atom. The number of nitrogens with one attached hydrogen (secondary N) is 1. The average molecular weight is 376 g/mol. The predicted molar refractivity (Wildman–Crippen MR) is 89.9 cm³/mol. The lowest BCUT2D eigenvalue weighted by Crippen LogP contribution is -2.28. The highest BCUT2D eigenvalue weighted by molar-refractivity contribution is 5.49. The van der Waals surface area contributed by atoms with Crippen molar-refractivity contribution in [2.45, 2.75) is 6.18 Å². The van der Waals surface area contributed by atoms with Crippen LogP contribution in [0.25, 0.3) is 5.69 Å². The van der Waals surface area contributed by atoms with Crippen LogP contribution in [-0.4, -0.2) is 14.7 Å². The first kappa shape index (κ1) is 18.1. The van der Waals surface area contributed by atoms with Crippen LogP contribution >= 0.6 is 0 Å². The molecule has 0 unspecified atom stereocenters. The van der Waals surface area contributed by atoms with Crippen molar-refractivity contribution in [2.24, 2.45) is 10.2 Å². The maximum Gasteiger partial charge on any atom is 0.416 e. The number of H-pyrrole nitrogens is 1. The number of aromatic nitrogens is 2. The van der Waals surface area contributed by atoms with E-state index in [2.05, 4.69) is 10.2 Å². The van der Waals surface area contributed by atoms with Crippen molar-refractivity contribution in [1.29, 1.82) is 0 Å². The van der Waals surface area contributed by atoms with Crippen molar-refractivity contribution in [2.75, 3.05) is 0 Å². The minimum absolute atomic E-state index is 0.180. The molecule has 0 spiro atoms. The van der Waals surface area contributed by atoms with Crippen molar-refractivity contribution in [1.82, 2.24) is 9.55 Å². The predicted octanol–water partition coefficient (Wildman–Crippen LogP) is 3.67. The number of nitrogens with zero attached hydrogens (tertiary/aromatic N) is 3. The van der Waals surface area contributed by atoms with E-state index in [9.17, 15) is 27.9 Å². The Morgan fingerprint density at radius 3 is 2.33 bits per heavy atom. The number of aromatic hydroxyl groups is 1. The van der Waals surface area contributed by atoms with Crippen molar-refractivity contribution < 1.29 is 18.3 Å². The van der Waals surface area contributed by atoms with E-state index in [-0.39, 0.29) is 11.4 Å². The number of halogens is 3. The molecule has 0 saturated carbocycles. The lowest BCUT2D eigenvalue weighted by Gasteiger charge is -2.08.